The first-order valence-corrected chi connectivity index (χ1v) is 11.6. The van der Waals surface area contributed by atoms with E-state index < -0.39 is 28.7 Å². The van der Waals surface area contributed by atoms with E-state index in [-0.39, 0.29) is 24.2 Å². The summed E-state index contributed by atoms with van der Waals surface area (Å²) in [6.07, 6.45) is 6.84. The van der Waals surface area contributed by atoms with Crippen LogP contribution in [0.2, 0.25) is 5.02 Å². The molecule has 0 aromatic heterocycles. The number of imide groups is 1. The minimum absolute atomic E-state index is 0.126. The van der Waals surface area contributed by atoms with Crippen molar-refractivity contribution in [2.45, 2.75) is 44.6 Å². The van der Waals surface area contributed by atoms with E-state index in [9.17, 15) is 24.5 Å². The summed E-state index contributed by atoms with van der Waals surface area (Å²) in [6, 6.07) is 10.7. The van der Waals surface area contributed by atoms with E-state index in [0.29, 0.717) is 17.1 Å². The maximum absolute atomic E-state index is 13.5. The fourth-order valence-electron chi connectivity index (χ4n) is 4.41. The molecule has 2 aromatic carbocycles. The Kier molecular flexibility index (Phi) is 7.07. The average Bonchev–Trinajstić information content (AvgIpc) is 3.14. The molecule has 0 radical (unpaired) electrons. The van der Waals surface area contributed by atoms with Crippen molar-refractivity contribution in [3.05, 3.63) is 80.9 Å². The van der Waals surface area contributed by atoms with Gasteiger partial charge in [-0.15, -0.1) is 0 Å². The maximum Gasteiger partial charge on any atom is 0.269 e. The van der Waals surface area contributed by atoms with Crippen molar-refractivity contribution < 1.29 is 19.3 Å². The number of hydrogen-bond acceptors (Lipinski definition) is 5. The summed E-state index contributed by atoms with van der Waals surface area (Å²) in [5.74, 6) is -1.30. The molecule has 1 unspecified atom stereocenters. The largest absolute Gasteiger partial charge is 0.326 e. The van der Waals surface area contributed by atoms with Crippen molar-refractivity contribution in [1.82, 2.24) is 4.90 Å². The van der Waals surface area contributed by atoms with E-state index in [1.807, 2.05) is 0 Å². The highest BCUT2D eigenvalue weighted by molar-refractivity contribution is 6.31. The lowest BCUT2D eigenvalue weighted by atomic mass is 9.96. The van der Waals surface area contributed by atoms with E-state index >= 15 is 0 Å². The molecule has 0 saturated carbocycles. The van der Waals surface area contributed by atoms with Gasteiger partial charge in [0.05, 0.1) is 17.0 Å². The van der Waals surface area contributed by atoms with Gasteiger partial charge in [-0.25, -0.2) is 4.90 Å². The van der Waals surface area contributed by atoms with Gasteiger partial charge in [0.15, 0.2) is 0 Å². The van der Waals surface area contributed by atoms with Crippen LogP contribution in [-0.4, -0.2) is 40.1 Å². The SMILES string of the molecule is O=C1CC(N(CCC2=CCCCC2)C(=O)c2ccc([N+](=O)[O-])cc2)C(=O)N1c1ccc(Cl)cc1. The Morgan fingerprint density at radius 3 is 2.41 bits per heavy atom. The predicted molar refractivity (Wildman–Crippen MR) is 128 cm³/mol. The lowest BCUT2D eigenvalue weighted by Crippen LogP contribution is -2.46. The quantitative estimate of drug-likeness (QED) is 0.242. The summed E-state index contributed by atoms with van der Waals surface area (Å²) in [4.78, 5) is 52.6. The minimum atomic E-state index is -0.949. The van der Waals surface area contributed by atoms with Crippen LogP contribution >= 0.6 is 11.6 Å². The molecule has 1 fully saturated rings. The highest BCUT2D eigenvalue weighted by Gasteiger charge is 2.44. The fraction of sp³-hybridized carbons (Fsp3) is 0.320. The number of benzene rings is 2. The minimum Gasteiger partial charge on any atom is -0.326 e. The molecule has 4 rings (SSSR count). The molecular weight excluding hydrogens is 458 g/mol. The number of rotatable bonds is 7. The summed E-state index contributed by atoms with van der Waals surface area (Å²) in [6.45, 7) is 0.278. The van der Waals surface area contributed by atoms with Crippen LogP contribution in [0.4, 0.5) is 11.4 Å². The third kappa shape index (κ3) is 5.02. The van der Waals surface area contributed by atoms with Crippen molar-refractivity contribution in [2.75, 3.05) is 11.4 Å². The Morgan fingerprint density at radius 2 is 1.79 bits per heavy atom. The molecule has 176 valence electrons. The van der Waals surface area contributed by atoms with E-state index in [0.717, 1.165) is 30.6 Å². The first-order valence-electron chi connectivity index (χ1n) is 11.2. The van der Waals surface area contributed by atoms with Gasteiger partial charge >= 0.3 is 0 Å². The highest BCUT2D eigenvalue weighted by Crippen LogP contribution is 2.29. The van der Waals surface area contributed by atoms with Crippen molar-refractivity contribution in [1.29, 1.82) is 0 Å². The monoisotopic (exact) mass is 481 g/mol. The zero-order valence-corrected chi connectivity index (χ0v) is 19.2. The van der Waals surface area contributed by atoms with E-state index in [1.54, 1.807) is 24.3 Å². The number of hydrogen-bond donors (Lipinski definition) is 0. The Labute approximate surface area is 201 Å². The summed E-state index contributed by atoms with van der Waals surface area (Å²) in [5.41, 5.74) is 1.74. The number of amides is 3. The normalized spacial score (nSPS) is 18.1. The van der Waals surface area contributed by atoms with Crippen molar-refractivity contribution in [3.63, 3.8) is 0 Å². The van der Waals surface area contributed by atoms with Gasteiger partial charge in [-0.1, -0.05) is 23.3 Å². The number of halogens is 1. The molecule has 3 amide bonds. The second-order valence-corrected chi connectivity index (χ2v) is 8.86. The lowest BCUT2D eigenvalue weighted by molar-refractivity contribution is -0.384. The van der Waals surface area contributed by atoms with Crippen molar-refractivity contribution in [2.24, 2.45) is 0 Å². The number of carbonyl (C=O) groups is 3. The third-order valence-corrected chi connectivity index (χ3v) is 6.48. The molecule has 1 saturated heterocycles. The van der Waals surface area contributed by atoms with E-state index in [1.165, 1.54) is 34.7 Å². The van der Waals surface area contributed by atoms with Crippen LogP contribution in [0, 0.1) is 10.1 Å². The Hall–Kier alpha value is -3.52. The Bertz CT molecular complexity index is 1140. The fourth-order valence-corrected chi connectivity index (χ4v) is 4.53. The number of non-ortho nitro benzene ring substituents is 1. The summed E-state index contributed by atoms with van der Waals surface area (Å²) in [5, 5.41) is 11.5. The molecule has 0 bridgehead atoms. The zero-order chi connectivity index (χ0) is 24.2. The number of nitro groups is 1. The number of anilines is 1. The third-order valence-electron chi connectivity index (χ3n) is 6.23. The maximum atomic E-state index is 13.5. The molecular formula is C25H24ClN3O5. The highest BCUT2D eigenvalue weighted by atomic mass is 35.5. The van der Waals surface area contributed by atoms with Crippen molar-refractivity contribution >= 4 is 40.7 Å². The van der Waals surface area contributed by atoms with Gasteiger partial charge in [0, 0.05) is 29.3 Å². The first-order chi connectivity index (χ1) is 16.3. The number of allylic oxidation sites excluding steroid dienone is 1. The van der Waals surface area contributed by atoms with Crippen LogP contribution in [0.1, 0.15) is 48.9 Å². The molecule has 1 aliphatic heterocycles. The smallest absolute Gasteiger partial charge is 0.269 e. The topological polar surface area (TPSA) is 101 Å². The Balaban J connectivity index is 1.61. The standard InChI is InChI=1S/C25H24ClN3O5/c26-19-8-12-20(13-9-19)28-23(30)16-22(25(28)32)27(15-14-17-4-2-1-3-5-17)24(31)18-6-10-21(11-7-18)29(33)34/h4,6-13,22H,1-3,5,14-16H2. The molecule has 1 atom stereocenters. The number of nitro benzene ring substituents is 1. The lowest BCUT2D eigenvalue weighted by Gasteiger charge is -2.28. The van der Waals surface area contributed by atoms with Gasteiger partial charge in [-0.2, -0.15) is 0 Å². The molecule has 0 N–H and O–H groups in total. The van der Waals surface area contributed by atoms with Crippen LogP contribution in [0.15, 0.2) is 60.2 Å². The van der Waals surface area contributed by atoms with Gasteiger partial charge in [0.1, 0.15) is 6.04 Å². The zero-order valence-electron chi connectivity index (χ0n) is 18.5. The molecule has 34 heavy (non-hydrogen) atoms. The molecule has 1 aliphatic carbocycles. The van der Waals surface area contributed by atoms with Gasteiger partial charge in [0.2, 0.25) is 5.91 Å². The summed E-state index contributed by atoms with van der Waals surface area (Å²) in [7, 11) is 0. The van der Waals surface area contributed by atoms with Crippen LogP contribution in [0.3, 0.4) is 0 Å². The van der Waals surface area contributed by atoms with Crippen LogP contribution in [-0.2, 0) is 9.59 Å². The second-order valence-electron chi connectivity index (χ2n) is 8.42. The van der Waals surface area contributed by atoms with Crippen LogP contribution in [0.25, 0.3) is 0 Å². The van der Waals surface area contributed by atoms with Gasteiger partial charge in [-0.3, -0.25) is 24.5 Å². The molecule has 1 heterocycles. The predicted octanol–water partition coefficient (Wildman–Crippen LogP) is 4.91. The van der Waals surface area contributed by atoms with Gasteiger partial charge in [0.25, 0.3) is 17.5 Å². The summed E-state index contributed by atoms with van der Waals surface area (Å²) < 4.78 is 0. The van der Waals surface area contributed by atoms with Crippen LogP contribution < -0.4 is 4.90 Å². The number of nitrogens with zero attached hydrogens (tertiary/aromatic N) is 3. The van der Waals surface area contributed by atoms with Gasteiger partial charge < -0.3 is 4.90 Å². The van der Waals surface area contributed by atoms with Gasteiger partial charge in [-0.05, 0) is 68.5 Å². The van der Waals surface area contributed by atoms with E-state index in [2.05, 4.69) is 6.08 Å². The average molecular weight is 482 g/mol. The molecule has 8 nitrogen and oxygen atoms in total. The van der Waals surface area contributed by atoms with E-state index in [4.69, 9.17) is 11.6 Å². The van der Waals surface area contributed by atoms with Crippen LogP contribution in [0.5, 0.6) is 0 Å². The van der Waals surface area contributed by atoms with Crippen molar-refractivity contribution in [3.8, 4) is 0 Å². The first kappa shape index (κ1) is 23.6. The molecule has 2 aromatic rings. The summed E-state index contributed by atoms with van der Waals surface area (Å²) >= 11 is 5.94. The molecule has 2 aliphatic rings. The number of carbonyl (C=O) groups excluding carboxylic acids is 3. The molecule has 0 spiro atoms. The second kappa shape index (κ2) is 10.2. The Morgan fingerprint density at radius 1 is 1.09 bits per heavy atom. The molecule has 9 heteroatoms.